The predicted octanol–water partition coefficient (Wildman–Crippen LogP) is 3.13. The summed E-state index contributed by atoms with van der Waals surface area (Å²) in [4.78, 5) is 40.9. The summed E-state index contributed by atoms with van der Waals surface area (Å²) in [5, 5.41) is 5.99. The Hall–Kier alpha value is -3.19. The first kappa shape index (κ1) is 19.8. The van der Waals surface area contributed by atoms with Gasteiger partial charge in [-0.25, -0.2) is 4.79 Å². The van der Waals surface area contributed by atoms with E-state index in [9.17, 15) is 14.4 Å². The normalized spacial score (nSPS) is 26.4. The van der Waals surface area contributed by atoms with Gasteiger partial charge in [-0.2, -0.15) is 0 Å². The average Bonchev–Trinajstić information content (AvgIpc) is 3.43. The second-order valence-electron chi connectivity index (χ2n) is 8.33. The third kappa shape index (κ3) is 2.95. The standard InChI is InChI=1S/C24H25N3O4/c1-2-31-22(29)15-9-11-16(12-10-15)25-21(28)19-14-17-6-5-13-27(17)24(19)18-7-3-4-8-20(18)26-23(24)30/h3-4,7-12,17,19H,2,5-6,13-14H2,1H3,(H,25,28)(H,26,30)/t17-,19+,24+/m1/s1. The summed E-state index contributed by atoms with van der Waals surface area (Å²) in [5.41, 5.74) is 1.74. The van der Waals surface area contributed by atoms with E-state index in [1.807, 2.05) is 24.3 Å². The van der Waals surface area contributed by atoms with Crippen LogP contribution >= 0.6 is 0 Å². The third-order valence-corrected chi connectivity index (χ3v) is 6.75. The molecule has 3 aliphatic heterocycles. The maximum atomic E-state index is 13.5. The Balaban J connectivity index is 1.45. The van der Waals surface area contributed by atoms with E-state index in [4.69, 9.17) is 4.74 Å². The molecule has 2 fully saturated rings. The van der Waals surface area contributed by atoms with Crippen molar-refractivity contribution in [1.82, 2.24) is 4.90 Å². The Morgan fingerprint density at radius 2 is 1.97 bits per heavy atom. The quantitative estimate of drug-likeness (QED) is 0.744. The summed E-state index contributed by atoms with van der Waals surface area (Å²) in [6.45, 7) is 2.87. The lowest BCUT2D eigenvalue weighted by Gasteiger charge is -2.36. The monoisotopic (exact) mass is 419 g/mol. The maximum Gasteiger partial charge on any atom is 0.338 e. The molecule has 0 radical (unpaired) electrons. The van der Waals surface area contributed by atoms with E-state index < -0.39 is 17.4 Å². The van der Waals surface area contributed by atoms with Gasteiger partial charge < -0.3 is 15.4 Å². The van der Waals surface area contributed by atoms with Crippen LogP contribution in [0.1, 0.15) is 42.1 Å². The molecule has 7 nitrogen and oxygen atoms in total. The number of nitrogens with zero attached hydrogens (tertiary/aromatic N) is 1. The molecule has 2 aromatic carbocycles. The minimum atomic E-state index is -0.966. The number of benzene rings is 2. The van der Waals surface area contributed by atoms with Gasteiger partial charge in [0.05, 0.1) is 18.1 Å². The van der Waals surface area contributed by atoms with Gasteiger partial charge in [-0.1, -0.05) is 18.2 Å². The number of anilines is 2. The van der Waals surface area contributed by atoms with Crippen molar-refractivity contribution in [2.45, 2.75) is 37.8 Å². The zero-order valence-corrected chi connectivity index (χ0v) is 17.4. The summed E-state index contributed by atoms with van der Waals surface area (Å²) < 4.78 is 5.00. The number of hydrogen-bond acceptors (Lipinski definition) is 5. The highest BCUT2D eigenvalue weighted by Gasteiger charge is 2.65. The molecule has 1 spiro atoms. The van der Waals surface area contributed by atoms with Crippen LogP contribution in [0, 0.1) is 5.92 Å². The SMILES string of the molecule is CCOC(=O)c1ccc(NC(=O)[C@@H]2C[C@H]3CCCN3[C@]23C(=O)Nc2ccccc23)cc1. The predicted molar refractivity (Wildman–Crippen MR) is 116 cm³/mol. The molecule has 31 heavy (non-hydrogen) atoms. The Morgan fingerprint density at radius 3 is 2.74 bits per heavy atom. The number of hydrogen-bond donors (Lipinski definition) is 2. The lowest BCUT2D eigenvalue weighted by atomic mass is 9.78. The van der Waals surface area contributed by atoms with Gasteiger partial charge >= 0.3 is 5.97 Å². The molecule has 5 rings (SSSR count). The fourth-order valence-corrected chi connectivity index (χ4v) is 5.51. The zero-order valence-electron chi connectivity index (χ0n) is 17.4. The van der Waals surface area contributed by atoms with Crippen molar-refractivity contribution in [1.29, 1.82) is 0 Å². The van der Waals surface area contributed by atoms with Crippen LogP contribution in [0.3, 0.4) is 0 Å². The molecule has 0 aromatic heterocycles. The zero-order chi connectivity index (χ0) is 21.6. The van der Waals surface area contributed by atoms with Crippen LogP contribution < -0.4 is 10.6 Å². The minimum absolute atomic E-state index is 0.115. The van der Waals surface area contributed by atoms with Crippen LogP contribution in [0.4, 0.5) is 11.4 Å². The smallest absolute Gasteiger partial charge is 0.338 e. The molecule has 0 saturated carbocycles. The molecule has 2 amide bonds. The van der Waals surface area contributed by atoms with Crippen molar-refractivity contribution >= 4 is 29.2 Å². The van der Waals surface area contributed by atoms with Crippen LogP contribution in [0.15, 0.2) is 48.5 Å². The van der Waals surface area contributed by atoms with E-state index in [-0.39, 0.29) is 17.9 Å². The number of nitrogens with one attached hydrogen (secondary N) is 2. The number of fused-ring (bicyclic) bond motifs is 4. The van der Waals surface area contributed by atoms with Crippen molar-refractivity contribution in [3.63, 3.8) is 0 Å². The molecule has 0 aliphatic carbocycles. The van der Waals surface area contributed by atoms with Crippen LogP contribution in [0.25, 0.3) is 0 Å². The molecule has 3 atom stereocenters. The summed E-state index contributed by atoms with van der Waals surface area (Å²) in [7, 11) is 0. The Morgan fingerprint density at radius 1 is 1.19 bits per heavy atom. The first-order valence-corrected chi connectivity index (χ1v) is 10.8. The first-order chi connectivity index (χ1) is 15.1. The van der Waals surface area contributed by atoms with Crippen LogP contribution in [-0.4, -0.2) is 41.9 Å². The topological polar surface area (TPSA) is 87.7 Å². The minimum Gasteiger partial charge on any atom is -0.462 e. The molecule has 3 heterocycles. The molecule has 7 heteroatoms. The summed E-state index contributed by atoms with van der Waals surface area (Å²) in [6.07, 6.45) is 2.68. The molecular weight excluding hydrogens is 394 g/mol. The highest BCUT2D eigenvalue weighted by Crippen LogP contribution is 2.55. The van der Waals surface area contributed by atoms with Crippen LogP contribution in [-0.2, 0) is 19.9 Å². The Bertz CT molecular complexity index is 1050. The second-order valence-corrected chi connectivity index (χ2v) is 8.33. The fraction of sp³-hybridized carbons (Fsp3) is 0.375. The summed E-state index contributed by atoms with van der Waals surface area (Å²) in [6, 6.07) is 14.5. The van der Waals surface area contributed by atoms with Crippen molar-refractivity contribution in [2.24, 2.45) is 5.92 Å². The fourth-order valence-electron chi connectivity index (χ4n) is 5.51. The van der Waals surface area contributed by atoms with Gasteiger partial charge in [0.2, 0.25) is 11.8 Å². The van der Waals surface area contributed by atoms with E-state index in [2.05, 4.69) is 15.5 Å². The van der Waals surface area contributed by atoms with Gasteiger partial charge in [0.15, 0.2) is 0 Å². The van der Waals surface area contributed by atoms with Crippen molar-refractivity contribution in [3.8, 4) is 0 Å². The van der Waals surface area contributed by atoms with Gasteiger partial charge in [0.25, 0.3) is 0 Å². The van der Waals surface area contributed by atoms with Gasteiger partial charge in [-0.15, -0.1) is 0 Å². The molecule has 2 N–H and O–H groups in total. The number of para-hydroxylation sites is 1. The molecular formula is C24H25N3O4. The number of ether oxygens (including phenoxy) is 1. The molecule has 3 aliphatic rings. The average molecular weight is 419 g/mol. The van der Waals surface area contributed by atoms with Crippen LogP contribution in [0.2, 0.25) is 0 Å². The first-order valence-electron chi connectivity index (χ1n) is 10.8. The molecule has 0 bridgehead atoms. The maximum absolute atomic E-state index is 13.5. The van der Waals surface area contributed by atoms with E-state index in [0.29, 0.717) is 24.3 Å². The van der Waals surface area contributed by atoms with Gasteiger partial charge in [0.1, 0.15) is 5.54 Å². The molecule has 0 unspecified atom stereocenters. The van der Waals surface area contributed by atoms with Crippen molar-refractivity contribution in [2.75, 3.05) is 23.8 Å². The highest BCUT2D eigenvalue weighted by molar-refractivity contribution is 6.10. The van der Waals surface area contributed by atoms with E-state index in [1.54, 1.807) is 31.2 Å². The number of carbonyl (C=O) groups is 3. The third-order valence-electron chi connectivity index (χ3n) is 6.75. The number of amides is 2. The number of esters is 1. The number of carbonyl (C=O) groups excluding carboxylic acids is 3. The van der Waals surface area contributed by atoms with E-state index >= 15 is 0 Å². The van der Waals surface area contributed by atoms with Crippen LogP contribution in [0.5, 0.6) is 0 Å². The van der Waals surface area contributed by atoms with Crippen molar-refractivity contribution < 1.29 is 19.1 Å². The van der Waals surface area contributed by atoms with Gasteiger partial charge in [0, 0.05) is 23.0 Å². The Labute approximate surface area is 180 Å². The summed E-state index contributed by atoms with van der Waals surface area (Å²) >= 11 is 0. The molecule has 2 aromatic rings. The largest absolute Gasteiger partial charge is 0.462 e. The van der Waals surface area contributed by atoms with Gasteiger partial charge in [-0.3, -0.25) is 14.5 Å². The number of rotatable bonds is 4. The summed E-state index contributed by atoms with van der Waals surface area (Å²) in [5.74, 6) is -1.18. The molecule has 2 saturated heterocycles. The second kappa shape index (κ2) is 7.50. The molecule has 160 valence electrons. The lowest BCUT2D eigenvalue weighted by molar-refractivity contribution is -0.135. The van der Waals surface area contributed by atoms with Gasteiger partial charge in [-0.05, 0) is 63.1 Å². The van der Waals surface area contributed by atoms with Crippen molar-refractivity contribution in [3.05, 3.63) is 59.7 Å². The Kier molecular flexibility index (Phi) is 4.78. The van der Waals surface area contributed by atoms with E-state index in [1.165, 1.54) is 0 Å². The lowest BCUT2D eigenvalue weighted by Crippen LogP contribution is -2.53. The van der Waals surface area contributed by atoms with E-state index in [0.717, 1.165) is 30.6 Å². The highest BCUT2D eigenvalue weighted by atomic mass is 16.5.